The van der Waals surface area contributed by atoms with Crippen LogP contribution in [0.25, 0.3) is 0 Å². The van der Waals surface area contributed by atoms with Gasteiger partial charge >= 0.3 is 5.97 Å². The van der Waals surface area contributed by atoms with E-state index < -0.39 is 155 Å². The third-order valence-electron chi connectivity index (χ3n) is 8.00. The number of rotatable bonds is 7. The van der Waals surface area contributed by atoms with E-state index >= 15 is 0 Å². The number of aliphatic carboxylic acids is 1. The molecule has 278 valence electrons. The Morgan fingerprint density at radius 1 is 0.462 bits per heavy atom. The number of carboxylic acid groups (broad SMARTS) is 1. The van der Waals surface area contributed by atoms with Gasteiger partial charge in [0.2, 0.25) is 0 Å². The molecule has 5 rings (SSSR count). The number of carbonyl (C=O) groups is 1. The lowest BCUT2D eigenvalue weighted by molar-refractivity contribution is -0.139. The normalized spacial score (nSPS) is 13.8. The summed E-state index contributed by atoms with van der Waals surface area (Å²) in [5, 5.41) is 43.4. The Bertz CT molecular complexity index is 2490. The molecule has 0 radical (unpaired) electrons. The minimum absolute atomic E-state index is 0.337. The summed E-state index contributed by atoms with van der Waals surface area (Å²) >= 11 is 0. The molecule has 4 aromatic carbocycles. The van der Waals surface area contributed by atoms with Crippen molar-refractivity contribution in [1.82, 2.24) is 0 Å². The minimum atomic E-state index is -5.10. The Labute approximate surface area is 295 Å². The van der Waals surface area contributed by atoms with E-state index in [9.17, 15) is 77.1 Å². The number of phenolic OH excluding ortho intramolecular Hbond substituents is 3. The standard InChI is InChI=1S/C30H26O18S4/c31-26(32)13-48-30-20-3-18-9-23(50(39,40)41)7-16(28(18)34)1-14-5-22(49(36,37)38)6-15(27(14)33)2-17-8-24(51(42,43)44)10-19(29(17)35)4-21(30)12-25(11-20)52(45,46)47/h5-12,33-35H,1-4,13H2,(H,31,32)(H,36,37,38)(H,39,40,41)(H,42,43,44)(H,45,46,47). The van der Waals surface area contributed by atoms with Crippen LogP contribution < -0.4 is 4.74 Å². The molecule has 1 aliphatic carbocycles. The van der Waals surface area contributed by atoms with Gasteiger partial charge in [0.25, 0.3) is 40.5 Å². The molecule has 0 unspecified atom stereocenters. The van der Waals surface area contributed by atoms with E-state index in [4.69, 9.17) is 4.74 Å². The Kier molecular flexibility index (Phi) is 9.83. The maximum atomic E-state index is 12.4. The second kappa shape index (κ2) is 13.3. The number of benzene rings is 4. The summed E-state index contributed by atoms with van der Waals surface area (Å²) in [7, 11) is -20.3. The number of carboxylic acids is 1. The first-order valence-electron chi connectivity index (χ1n) is 14.3. The van der Waals surface area contributed by atoms with Crippen molar-refractivity contribution in [2.24, 2.45) is 0 Å². The second-order valence-electron chi connectivity index (χ2n) is 11.6. The summed E-state index contributed by atoms with van der Waals surface area (Å²) in [5.41, 5.74) is -3.06. The molecule has 4 aromatic rings. The highest BCUT2D eigenvalue weighted by atomic mass is 32.2. The number of ether oxygens (including phenoxy) is 1. The Balaban J connectivity index is 1.96. The zero-order valence-electron chi connectivity index (χ0n) is 25.9. The van der Waals surface area contributed by atoms with Crippen LogP contribution in [0.15, 0.2) is 68.1 Å². The molecule has 18 nitrogen and oxygen atoms in total. The fourth-order valence-electron chi connectivity index (χ4n) is 5.71. The molecule has 22 heteroatoms. The van der Waals surface area contributed by atoms with Gasteiger partial charge < -0.3 is 25.2 Å². The highest BCUT2D eigenvalue weighted by molar-refractivity contribution is 7.86. The van der Waals surface area contributed by atoms with Gasteiger partial charge in [0.1, 0.15) is 23.0 Å². The predicted molar refractivity (Wildman–Crippen MR) is 174 cm³/mol. The Morgan fingerprint density at radius 2 is 0.673 bits per heavy atom. The Morgan fingerprint density at radius 3 is 0.885 bits per heavy atom. The van der Waals surface area contributed by atoms with Crippen LogP contribution in [0, 0.1) is 0 Å². The van der Waals surface area contributed by atoms with Crippen molar-refractivity contribution < 1.29 is 81.8 Å². The summed E-state index contributed by atoms with van der Waals surface area (Å²) in [5.74, 6) is -4.22. The van der Waals surface area contributed by atoms with Crippen LogP contribution in [0.5, 0.6) is 23.0 Å². The topological polar surface area (TPSA) is 325 Å². The SMILES string of the molecule is O=C(O)COc1c2cc(S(=O)(=O)O)cc1Cc1cc(S(=O)(=O)O)cc(c1O)Cc1cc(S(=O)(=O)O)cc(c1O)Cc1cc(S(=O)(=O)O)cc(c1O)C2. The molecule has 8 N–H and O–H groups in total. The monoisotopic (exact) mass is 802 g/mol. The molecule has 0 atom stereocenters. The molecule has 0 aromatic heterocycles. The van der Waals surface area contributed by atoms with Crippen LogP contribution in [0.2, 0.25) is 0 Å². The van der Waals surface area contributed by atoms with E-state index in [-0.39, 0.29) is 11.1 Å². The van der Waals surface area contributed by atoms with Crippen molar-refractivity contribution in [3.8, 4) is 23.0 Å². The molecule has 0 saturated heterocycles. The van der Waals surface area contributed by atoms with Gasteiger partial charge in [0.15, 0.2) is 6.61 Å². The fraction of sp³-hybridized carbons (Fsp3) is 0.167. The molecular weight excluding hydrogens is 777 g/mol. The quantitative estimate of drug-likeness (QED) is 0.109. The first-order chi connectivity index (χ1) is 23.8. The average Bonchev–Trinajstić information content (AvgIpc) is 2.99. The maximum absolute atomic E-state index is 12.4. The van der Waals surface area contributed by atoms with Gasteiger partial charge in [-0.2, -0.15) is 33.7 Å². The third-order valence-corrected chi connectivity index (χ3v) is 11.3. The van der Waals surface area contributed by atoms with E-state index in [1.165, 1.54) is 0 Å². The second-order valence-corrected chi connectivity index (χ2v) is 17.3. The smallest absolute Gasteiger partial charge is 0.341 e. The predicted octanol–water partition coefficient (Wildman–Crippen LogP) is 1.93. The lowest BCUT2D eigenvalue weighted by Gasteiger charge is -2.21. The fourth-order valence-corrected chi connectivity index (χ4v) is 8.04. The third kappa shape index (κ3) is 8.13. The number of fused-ring (bicyclic) bond motifs is 8. The number of aromatic hydroxyl groups is 3. The van der Waals surface area contributed by atoms with E-state index in [0.717, 1.165) is 48.5 Å². The van der Waals surface area contributed by atoms with Crippen molar-refractivity contribution in [2.75, 3.05) is 6.61 Å². The van der Waals surface area contributed by atoms with Crippen molar-refractivity contribution in [1.29, 1.82) is 0 Å². The number of hydrogen-bond acceptors (Lipinski definition) is 13. The maximum Gasteiger partial charge on any atom is 0.341 e. The van der Waals surface area contributed by atoms with Crippen LogP contribution in [0.4, 0.5) is 0 Å². The molecule has 52 heavy (non-hydrogen) atoms. The molecule has 1 aliphatic rings. The summed E-state index contributed by atoms with van der Waals surface area (Å²) < 4.78 is 144. The first-order valence-corrected chi connectivity index (χ1v) is 20.0. The van der Waals surface area contributed by atoms with E-state index in [1.54, 1.807) is 0 Å². The summed E-state index contributed by atoms with van der Waals surface area (Å²) in [4.78, 5) is 8.17. The van der Waals surface area contributed by atoms with Gasteiger partial charge in [-0.15, -0.1) is 0 Å². The highest BCUT2D eigenvalue weighted by Gasteiger charge is 2.27. The molecule has 0 fully saturated rings. The largest absolute Gasteiger partial charge is 0.507 e. The van der Waals surface area contributed by atoms with Crippen molar-refractivity contribution in [2.45, 2.75) is 45.3 Å². The van der Waals surface area contributed by atoms with Crippen molar-refractivity contribution >= 4 is 46.4 Å². The van der Waals surface area contributed by atoms with Crippen LogP contribution in [-0.2, 0) is 71.0 Å². The Hall–Kier alpha value is -4.81. The van der Waals surface area contributed by atoms with Crippen molar-refractivity contribution in [3.63, 3.8) is 0 Å². The van der Waals surface area contributed by atoms with Gasteiger partial charge in [-0.05, 0) is 48.5 Å². The van der Waals surface area contributed by atoms with Crippen LogP contribution in [0.3, 0.4) is 0 Å². The summed E-state index contributed by atoms with van der Waals surface area (Å²) in [6, 6.07) is 6.11. The zero-order chi connectivity index (χ0) is 38.7. The summed E-state index contributed by atoms with van der Waals surface area (Å²) in [6.07, 6.45) is -2.94. The molecule has 0 spiro atoms. The van der Waals surface area contributed by atoms with Crippen molar-refractivity contribution in [3.05, 3.63) is 93.0 Å². The average molecular weight is 803 g/mol. The van der Waals surface area contributed by atoms with Gasteiger partial charge in [-0.25, -0.2) is 4.79 Å². The first kappa shape index (κ1) is 38.4. The lowest BCUT2D eigenvalue weighted by atomic mass is 9.91. The van der Waals surface area contributed by atoms with Gasteiger partial charge in [0.05, 0.1) is 19.6 Å². The molecule has 0 aliphatic heterocycles. The lowest BCUT2D eigenvalue weighted by Crippen LogP contribution is -2.14. The minimum Gasteiger partial charge on any atom is -0.507 e. The van der Waals surface area contributed by atoms with Crippen LogP contribution in [0.1, 0.15) is 44.5 Å². The molecule has 0 saturated carbocycles. The molecule has 8 bridgehead atoms. The van der Waals surface area contributed by atoms with Gasteiger partial charge in [-0.1, -0.05) is 0 Å². The van der Waals surface area contributed by atoms with Crippen LogP contribution in [-0.4, -0.2) is 84.9 Å². The summed E-state index contributed by atoms with van der Waals surface area (Å²) in [6.45, 7) is -1.08. The number of hydrogen-bond donors (Lipinski definition) is 8. The van der Waals surface area contributed by atoms with Gasteiger partial charge in [-0.3, -0.25) is 18.2 Å². The molecule has 0 heterocycles. The van der Waals surface area contributed by atoms with E-state index in [0.29, 0.717) is 0 Å². The molecular formula is C30H26O18S4. The zero-order valence-corrected chi connectivity index (χ0v) is 29.2. The van der Waals surface area contributed by atoms with E-state index in [2.05, 4.69) is 0 Å². The highest BCUT2D eigenvalue weighted by Crippen LogP contribution is 2.41. The molecule has 0 amide bonds. The van der Waals surface area contributed by atoms with Gasteiger partial charge in [0, 0.05) is 70.2 Å². The van der Waals surface area contributed by atoms with E-state index in [1.807, 2.05) is 0 Å². The number of phenols is 3. The van der Waals surface area contributed by atoms with Crippen LogP contribution >= 0.6 is 0 Å².